The number of amides is 1. The third-order valence-corrected chi connectivity index (χ3v) is 2.49. The van der Waals surface area contributed by atoms with Crippen LogP contribution in [0.25, 0.3) is 6.08 Å². The largest absolute Gasteiger partial charge is 0.365 e. The van der Waals surface area contributed by atoms with Crippen LogP contribution in [0.2, 0.25) is 0 Å². The predicted octanol–water partition coefficient (Wildman–Crippen LogP) is 0.401. The maximum absolute atomic E-state index is 10.8. The fourth-order valence-electron chi connectivity index (χ4n) is 0.973. The second kappa shape index (κ2) is 4.24. The summed E-state index contributed by atoms with van der Waals surface area (Å²) < 4.78 is 30.2. The summed E-state index contributed by atoms with van der Waals surface area (Å²) in [5, 5.41) is 0. The number of hydrogen-bond donors (Lipinski definition) is 2. The van der Waals surface area contributed by atoms with Gasteiger partial charge in [-0.05, 0) is 11.6 Å². The van der Waals surface area contributed by atoms with Crippen molar-refractivity contribution < 1.29 is 17.8 Å². The lowest BCUT2D eigenvalue weighted by atomic mass is 10.2. The molecule has 3 N–H and O–H groups in total. The van der Waals surface area contributed by atoms with Crippen LogP contribution in [0.5, 0.6) is 0 Å². The van der Waals surface area contributed by atoms with Gasteiger partial charge in [-0.3, -0.25) is 9.35 Å². The molecule has 0 aromatic heterocycles. The van der Waals surface area contributed by atoms with Crippen LogP contribution in [0.3, 0.4) is 0 Å². The Bertz CT molecular complexity index is 490. The molecule has 0 heterocycles. The van der Waals surface area contributed by atoms with E-state index in [1.807, 2.05) is 0 Å². The van der Waals surface area contributed by atoms with Crippen molar-refractivity contribution in [1.29, 1.82) is 0 Å². The van der Waals surface area contributed by atoms with Gasteiger partial charge in [0.2, 0.25) is 0 Å². The molecule has 80 valence electrons. The van der Waals surface area contributed by atoms with Gasteiger partial charge in [0.1, 0.15) is 0 Å². The molecule has 0 aliphatic carbocycles. The quantitative estimate of drug-likeness (QED) is 0.577. The molecule has 6 heteroatoms. The van der Waals surface area contributed by atoms with Gasteiger partial charge in [0.15, 0.2) is 4.91 Å². The van der Waals surface area contributed by atoms with Gasteiger partial charge < -0.3 is 5.73 Å². The second-order valence-corrected chi connectivity index (χ2v) is 4.15. The molecular formula is C9H9NO4S. The van der Waals surface area contributed by atoms with Crippen molar-refractivity contribution in [2.24, 2.45) is 5.73 Å². The van der Waals surface area contributed by atoms with Gasteiger partial charge in [-0.1, -0.05) is 30.3 Å². The van der Waals surface area contributed by atoms with Crippen LogP contribution in [-0.4, -0.2) is 18.9 Å². The fourth-order valence-corrected chi connectivity index (χ4v) is 1.51. The lowest BCUT2D eigenvalue weighted by molar-refractivity contribution is -0.113. The maximum atomic E-state index is 10.8. The number of hydrogen-bond acceptors (Lipinski definition) is 3. The van der Waals surface area contributed by atoms with Gasteiger partial charge >= 0.3 is 0 Å². The standard InChI is InChI=1S/C9H9NO4S/c10-9(11)8(15(12,13)14)6-7-4-2-1-3-5-7/h1-6H,(H2,10,11)(H,12,13,14)/b8-6+. The number of primary amides is 1. The lowest BCUT2D eigenvalue weighted by Gasteiger charge is -1.98. The Morgan fingerprint density at radius 1 is 1.27 bits per heavy atom. The smallest absolute Gasteiger partial charge is 0.300 e. The molecule has 0 radical (unpaired) electrons. The molecule has 0 saturated carbocycles. The van der Waals surface area contributed by atoms with E-state index in [4.69, 9.17) is 10.3 Å². The topological polar surface area (TPSA) is 97.5 Å². The first kappa shape index (κ1) is 11.4. The summed E-state index contributed by atoms with van der Waals surface area (Å²) in [6, 6.07) is 8.21. The maximum Gasteiger partial charge on any atom is 0.300 e. The summed E-state index contributed by atoms with van der Waals surface area (Å²) in [5.41, 5.74) is 5.29. The van der Waals surface area contributed by atoms with Crippen LogP contribution >= 0.6 is 0 Å². The molecular weight excluding hydrogens is 218 g/mol. The molecule has 0 saturated heterocycles. The van der Waals surface area contributed by atoms with E-state index < -0.39 is 20.9 Å². The van der Waals surface area contributed by atoms with Crippen molar-refractivity contribution >= 4 is 22.1 Å². The van der Waals surface area contributed by atoms with Gasteiger partial charge in [-0.15, -0.1) is 0 Å². The minimum atomic E-state index is -4.58. The fraction of sp³-hybridized carbons (Fsp3) is 0. The summed E-state index contributed by atoms with van der Waals surface area (Å²) in [7, 11) is -4.58. The minimum absolute atomic E-state index is 0.462. The van der Waals surface area contributed by atoms with Gasteiger partial charge in [0.25, 0.3) is 16.0 Å². The molecule has 0 unspecified atom stereocenters. The van der Waals surface area contributed by atoms with Gasteiger partial charge in [0.05, 0.1) is 0 Å². The third-order valence-electron chi connectivity index (χ3n) is 1.62. The Kier molecular flexibility index (Phi) is 3.23. The number of carbonyl (C=O) groups is 1. The predicted molar refractivity (Wildman–Crippen MR) is 55.2 cm³/mol. The Labute approximate surface area is 87.0 Å². The molecule has 0 spiro atoms. The Hall–Kier alpha value is -1.66. The summed E-state index contributed by atoms with van der Waals surface area (Å²) in [5.74, 6) is -1.19. The highest BCUT2D eigenvalue weighted by Crippen LogP contribution is 2.10. The molecule has 1 amide bonds. The zero-order valence-electron chi connectivity index (χ0n) is 7.62. The van der Waals surface area contributed by atoms with Crippen molar-refractivity contribution in [2.45, 2.75) is 0 Å². The van der Waals surface area contributed by atoms with E-state index in [9.17, 15) is 13.2 Å². The molecule has 1 aromatic carbocycles. The average Bonchev–Trinajstić information content (AvgIpc) is 2.13. The molecule has 1 aromatic rings. The summed E-state index contributed by atoms with van der Waals surface area (Å²) >= 11 is 0. The Morgan fingerprint density at radius 2 is 1.80 bits per heavy atom. The van der Waals surface area contributed by atoms with Crippen LogP contribution in [0.1, 0.15) is 5.56 Å². The molecule has 0 aliphatic heterocycles. The number of carbonyl (C=O) groups excluding carboxylic acids is 1. The molecule has 0 atom stereocenters. The summed E-state index contributed by atoms with van der Waals surface area (Å²) in [6.45, 7) is 0. The third kappa shape index (κ3) is 3.19. The first-order valence-corrected chi connectivity index (χ1v) is 5.39. The van der Waals surface area contributed by atoms with Gasteiger partial charge in [-0.25, -0.2) is 0 Å². The Balaban J connectivity index is 3.24. The van der Waals surface area contributed by atoms with Crippen molar-refractivity contribution in [1.82, 2.24) is 0 Å². The first-order chi connectivity index (χ1) is 6.91. The number of rotatable bonds is 3. The van der Waals surface area contributed by atoms with E-state index in [1.54, 1.807) is 30.3 Å². The van der Waals surface area contributed by atoms with Crippen LogP contribution in [0, 0.1) is 0 Å². The molecule has 15 heavy (non-hydrogen) atoms. The number of nitrogens with two attached hydrogens (primary N) is 1. The zero-order chi connectivity index (χ0) is 11.5. The van der Waals surface area contributed by atoms with E-state index >= 15 is 0 Å². The SMILES string of the molecule is NC(=O)/C(=C\c1ccccc1)S(=O)(=O)O. The summed E-state index contributed by atoms with van der Waals surface area (Å²) in [4.78, 5) is 9.94. The van der Waals surface area contributed by atoms with E-state index in [0.29, 0.717) is 5.56 Å². The normalized spacial score (nSPS) is 12.5. The first-order valence-electron chi connectivity index (χ1n) is 3.95. The lowest BCUT2D eigenvalue weighted by Crippen LogP contribution is -2.20. The molecule has 1 rings (SSSR count). The van der Waals surface area contributed by atoms with Crippen molar-refractivity contribution in [2.75, 3.05) is 0 Å². The van der Waals surface area contributed by atoms with Crippen molar-refractivity contribution in [3.8, 4) is 0 Å². The summed E-state index contributed by atoms with van der Waals surface area (Å²) in [6.07, 6.45) is 1.01. The van der Waals surface area contributed by atoms with Crippen LogP contribution in [0.4, 0.5) is 0 Å². The van der Waals surface area contributed by atoms with Gasteiger partial charge in [-0.2, -0.15) is 8.42 Å². The molecule has 0 aliphatic rings. The van der Waals surface area contributed by atoms with Gasteiger partial charge in [0, 0.05) is 0 Å². The van der Waals surface area contributed by atoms with E-state index in [1.165, 1.54) is 0 Å². The molecule has 0 fully saturated rings. The van der Waals surface area contributed by atoms with Crippen LogP contribution < -0.4 is 5.73 Å². The zero-order valence-corrected chi connectivity index (χ0v) is 8.44. The van der Waals surface area contributed by atoms with E-state index in [0.717, 1.165) is 6.08 Å². The second-order valence-electron chi connectivity index (χ2n) is 2.76. The monoisotopic (exact) mass is 227 g/mol. The highest BCUT2D eigenvalue weighted by atomic mass is 32.2. The minimum Gasteiger partial charge on any atom is -0.365 e. The number of benzene rings is 1. The molecule has 5 nitrogen and oxygen atoms in total. The highest BCUT2D eigenvalue weighted by Gasteiger charge is 2.19. The van der Waals surface area contributed by atoms with Crippen LogP contribution in [-0.2, 0) is 14.9 Å². The van der Waals surface area contributed by atoms with Crippen molar-refractivity contribution in [3.63, 3.8) is 0 Å². The van der Waals surface area contributed by atoms with E-state index in [-0.39, 0.29) is 0 Å². The highest BCUT2D eigenvalue weighted by molar-refractivity contribution is 7.91. The van der Waals surface area contributed by atoms with E-state index in [2.05, 4.69) is 0 Å². The Morgan fingerprint density at radius 3 is 2.20 bits per heavy atom. The van der Waals surface area contributed by atoms with Crippen molar-refractivity contribution in [3.05, 3.63) is 40.8 Å². The molecule has 0 bridgehead atoms. The average molecular weight is 227 g/mol. The van der Waals surface area contributed by atoms with Crippen LogP contribution in [0.15, 0.2) is 35.2 Å².